The molecule has 0 heterocycles. The molecule has 0 bridgehead atoms. The van der Waals surface area contributed by atoms with Gasteiger partial charge in [0.2, 0.25) is 0 Å². The van der Waals surface area contributed by atoms with Crippen molar-refractivity contribution in [3.63, 3.8) is 0 Å². The Hall–Kier alpha value is -1.42. The van der Waals surface area contributed by atoms with Crippen LogP contribution >= 0.6 is 0 Å². The van der Waals surface area contributed by atoms with Crippen molar-refractivity contribution in [1.29, 1.82) is 0 Å². The highest BCUT2D eigenvalue weighted by atomic mass is 32.2. The van der Waals surface area contributed by atoms with E-state index in [0.717, 1.165) is 12.8 Å². The van der Waals surface area contributed by atoms with Gasteiger partial charge in [-0.15, -0.1) is 0 Å². The third-order valence-corrected chi connectivity index (χ3v) is 4.98. The molecule has 3 nitrogen and oxygen atoms in total. The second-order valence-electron chi connectivity index (χ2n) is 5.10. The third kappa shape index (κ3) is 7.23. The summed E-state index contributed by atoms with van der Waals surface area (Å²) in [5.41, 5.74) is 0. The lowest BCUT2D eigenvalue weighted by atomic mass is 10.1. The van der Waals surface area contributed by atoms with Gasteiger partial charge >= 0.3 is 0 Å². The van der Waals surface area contributed by atoms with Gasteiger partial charge < -0.3 is 0 Å². The van der Waals surface area contributed by atoms with Crippen molar-refractivity contribution in [2.45, 2.75) is 50.3 Å². The number of rotatable bonds is 10. The summed E-state index contributed by atoms with van der Waals surface area (Å²) < 4.78 is 24.0. The summed E-state index contributed by atoms with van der Waals surface area (Å²) in [5, 5.41) is 0. The third-order valence-electron chi connectivity index (χ3n) is 3.25. The van der Waals surface area contributed by atoms with E-state index in [1.165, 1.54) is 25.3 Å². The van der Waals surface area contributed by atoms with Crippen LogP contribution in [-0.2, 0) is 14.6 Å². The van der Waals surface area contributed by atoms with Crippen molar-refractivity contribution >= 4 is 15.6 Å². The molecule has 21 heavy (non-hydrogen) atoms. The Bertz CT molecular complexity index is 545. The van der Waals surface area contributed by atoms with Crippen LogP contribution in [0, 0.1) is 0 Å². The second kappa shape index (κ2) is 9.50. The molecule has 0 spiro atoms. The van der Waals surface area contributed by atoms with E-state index in [4.69, 9.17) is 0 Å². The fourth-order valence-corrected chi connectivity index (χ4v) is 3.25. The number of hydrogen-bond donors (Lipinski definition) is 0. The van der Waals surface area contributed by atoms with Crippen LogP contribution in [0.2, 0.25) is 0 Å². The summed E-state index contributed by atoms with van der Waals surface area (Å²) in [6.07, 6.45) is 8.98. The lowest BCUT2D eigenvalue weighted by Gasteiger charge is -2.02. The molecule has 0 aliphatic rings. The minimum absolute atomic E-state index is 0.0443. The van der Waals surface area contributed by atoms with E-state index in [2.05, 4.69) is 6.92 Å². The van der Waals surface area contributed by atoms with Gasteiger partial charge in [-0.2, -0.15) is 0 Å². The molecule has 116 valence electrons. The first kappa shape index (κ1) is 17.6. The van der Waals surface area contributed by atoms with Crippen molar-refractivity contribution < 1.29 is 13.2 Å². The Balaban J connectivity index is 2.34. The van der Waals surface area contributed by atoms with E-state index in [9.17, 15) is 13.2 Å². The standard InChI is InChI=1S/C17H24O3S/c1-2-3-4-5-6-8-11-16(18)14-15-21(19,20)17-12-9-7-10-13-17/h7-13H,2-6,14-15H2,1H3/b11-8+. The van der Waals surface area contributed by atoms with Crippen molar-refractivity contribution in [3.05, 3.63) is 42.5 Å². The highest BCUT2D eigenvalue weighted by Gasteiger charge is 2.14. The number of carbonyl (C=O) groups excluding carboxylic acids is 1. The van der Waals surface area contributed by atoms with Gasteiger partial charge in [-0.1, -0.05) is 50.5 Å². The van der Waals surface area contributed by atoms with E-state index < -0.39 is 9.84 Å². The van der Waals surface area contributed by atoms with Crippen molar-refractivity contribution in [2.75, 3.05) is 5.75 Å². The fourth-order valence-electron chi connectivity index (χ4n) is 1.97. The molecule has 0 atom stereocenters. The molecule has 0 aliphatic carbocycles. The van der Waals surface area contributed by atoms with Gasteiger partial charge in [0.05, 0.1) is 10.6 Å². The summed E-state index contributed by atoms with van der Waals surface area (Å²) in [7, 11) is -3.35. The summed E-state index contributed by atoms with van der Waals surface area (Å²) in [6, 6.07) is 8.26. The van der Waals surface area contributed by atoms with E-state index in [0.29, 0.717) is 0 Å². The normalized spacial score (nSPS) is 11.9. The van der Waals surface area contributed by atoms with Crippen LogP contribution in [0.4, 0.5) is 0 Å². The largest absolute Gasteiger partial charge is 0.295 e. The molecule has 0 fully saturated rings. The van der Waals surface area contributed by atoms with Crippen molar-refractivity contribution in [1.82, 2.24) is 0 Å². The number of benzene rings is 1. The molecule has 1 aromatic rings. The molecule has 0 aromatic heterocycles. The second-order valence-corrected chi connectivity index (χ2v) is 7.21. The van der Waals surface area contributed by atoms with Crippen LogP contribution in [0.3, 0.4) is 0 Å². The van der Waals surface area contributed by atoms with Gasteiger partial charge in [0.15, 0.2) is 15.6 Å². The zero-order chi connectivity index (χ0) is 15.6. The van der Waals surface area contributed by atoms with E-state index >= 15 is 0 Å². The topological polar surface area (TPSA) is 51.2 Å². The first-order valence-electron chi connectivity index (χ1n) is 7.53. The summed E-state index contributed by atoms with van der Waals surface area (Å²) >= 11 is 0. The minimum Gasteiger partial charge on any atom is -0.295 e. The smallest absolute Gasteiger partial charge is 0.178 e. The summed E-state index contributed by atoms with van der Waals surface area (Å²) in [6.45, 7) is 2.16. The Labute approximate surface area is 128 Å². The molecule has 0 radical (unpaired) electrons. The van der Waals surface area contributed by atoms with Gasteiger partial charge in [0.25, 0.3) is 0 Å². The van der Waals surface area contributed by atoms with Crippen LogP contribution in [0.25, 0.3) is 0 Å². The van der Waals surface area contributed by atoms with Gasteiger partial charge in [-0.3, -0.25) is 4.79 Å². The van der Waals surface area contributed by atoms with Gasteiger partial charge in [-0.05, 0) is 31.1 Å². The number of allylic oxidation sites excluding steroid dienone is 2. The molecule has 1 rings (SSSR count). The summed E-state index contributed by atoms with van der Waals surface area (Å²) in [4.78, 5) is 11.9. The Morgan fingerprint density at radius 3 is 2.48 bits per heavy atom. The Kier molecular flexibility index (Phi) is 7.98. The summed E-state index contributed by atoms with van der Waals surface area (Å²) in [5.74, 6) is -0.249. The zero-order valence-electron chi connectivity index (χ0n) is 12.6. The molecule has 0 amide bonds. The maximum Gasteiger partial charge on any atom is 0.178 e. The molecular formula is C17H24O3S. The first-order chi connectivity index (χ1) is 10.1. The molecule has 0 saturated carbocycles. The average Bonchev–Trinajstić information content (AvgIpc) is 2.50. The van der Waals surface area contributed by atoms with Gasteiger partial charge in [0.1, 0.15) is 0 Å². The van der Waals surface area contributed by atoms with E-state index in [1.54, 1.807) is 30.3 Å². The predicted octanol–water partition coefficient (Wildman–Crippen LogP) is 3.95. The average molecular weight is 308 g/mol. The number of unbranched alkanes of at least 4 members (excludes halogenated alkanes) is 4. The molecular weight excluding hydrogens is 284 g/mol. The van der Waals surface area contributed by atoms with Crippen molar-refractivity contribution in [2.24, 2.45) is 0 Å². The van der Waals surface area contributed by atoms with Crippen LogP contribution in [-0.4, -0.2) is 20.0 Å². The molecule has 4 heteroatoms. The number of sulfone groups is 1. The van der Waals surface area contributed by atoms with Crippen LogP contribution in [0.1, 0.15) is 45.4 Å². The van der Waals surface area contributed by atoms with Crippen molar-refractivity contribution in [3.8, 4) is 0 Å². The number of carbonyl (C=O) groups is 1. The minimum atomic E-state index is -3.35. The number of ketones is 1. The molecule has 1 aromatic carbocycles. The number of hydrogen-bond acceptors (Lipinski definition) is 3. The maximum absolute atomic E-state index is 12.0. The Morgan fingerprint density at radius 2 is 1.81 bits per heavy atom. The van der Waals surface area contributed by atoms with E-state index in [1.807, 2.05) is 6.08 Å². The highest BCUT2D eigenvalue weighted by molar-refractivity contribution is 7.91. The Morgan fingerprint density at radius 1 is 1.10 bits per heavy atom. The molecule has 0 N–H and O–H groups in total. The lowest BCUT2D eigenvalue weighted by Crippen LogP contribution is -2.10. The van der Waals surface area contributed by atoms with Crippen LogP contribution in [0.15, 0.2) is 47.4 Å². The molecule has 0 aliphatic heterocycles. The first-order valence-corrected chi connectivity index (χ1v) is 9.18. The van der Waals surface area contributed by atoms with E-state index in [-0.39, 0.29) is 22.9 Å². The lowest BCUT2D eigenvalue weighted by molar-refractivity contribution is -0.114. The predicted molar refractivity (Wildman–Crippen MR) is 86.0 cm³/mol. The molecule has 0 saturated heterocycles. The fraction of sp³-hybridized carbons (Fsp3) is 0.471. The quantitative estimate of drug-likeness (QED) is 0.486. The SMILES string of the molecule is CCCCCC/C=C/C(=O)CCS(=O)(=O)c1ccccc1. The monoisotopic (exact) mass is 308 g/mol. The van der Waals surface area contributed by atoms with Crippen LogP contribution in [0.5, 0.6) is 0 Å². The zero-order valence-corrected chi connectivity index (χ0v) is 13.4. The highest BCUT2D eigenvalue weighted by Crippen LogP contribution is 2.11. The van der Waals surface area contributed by atoms with Crippen LogP contribution < -0.4 is 0 Å². The van der Waals surface area contributed by atoms with Gasteiger partial charge in [-0.25, -0.2) is 8.42 Å². The maximum atomic E-state index is 12.0. The molecule has 0 unspecified atom stereocenters. The van der Waals surface area contributed by atoms with Gasteiger partial charge in [0, 0.05) is 6.42 Å².